The molecule has 0 radical (unpaired) electrons. The number of hydrogen-bond acceptors (Lipinski definition) is 4. The van der Waals surface area contributed by atoms with E-state index in [1.54, 1.807) is 29.6 Å². The number of carbonyl (C=O) groups is 1. The van der Waals surface area contributed by atoms with Gasteiger partial charge >= 0.3 is 0 Å². The van der Waals surface area contributed by atoms with Crippen molar-refractivity contribution in [3.8, 4) is 0 Å². The number of thiophene rings is 1. The maximum atomic E-state index is 13.3. The van der Waals surface area contributed by atoms with Crippen LogP contribution in [0.4, 0.5) is 5.69 Å². The van der Waals surface area contributed by atoms with E-state index >= 15 is 0 Å². The van der Waals surface area contributed by atoms with Gasteiger partial charge in [0, 0.05) is 22.6 Å². The Balaban J connectivity index is 1.67. The molecular formula is C24H19NO3S2. The second-order valence-electron chi connectivity index (χ2n) is 7.53. The van der Waals surface area contributed by atoms with Crippen LogP contribution in [-0.4, -0.2) is 14.3 Å². The first kappa shape index (κ1) is 19.0. The van der Waals surface area contributed by atoms with Crippen LogP contribution in [-0.2, 0) is 14.6 Å². The van der Waals surface area contributed by atoms with Crippen LogP contribution in [0.3, 0.4) is 0 Å². The van der Waals surface area contributed by atoms with Gasteiger partial charge in [-0.15, -0.1) is 11.3 Å². The van der Waals surface area contributed by atoms with Crippen molar-refractivity contribution in [2.75, 3.05) is 5.32 Å². The molecular weight excluding hydrogens is 414 g/mol. The van der Waals surface area contributed by atoms with Gasteiger partial charge < -0.3 is 5.32 Å². The lowest BCUT2D eigenvalue weighted by Gasteiger charge is -2.25. The van der Waals surface area contributed by atoms with E-state index in [4.69, 9.17) is 0 Å². The van der Waals surface area contributed by atoms with Crippen molar-refractivity contribution in [2.24, 2.45) is 0 Å². The van der Waals surface area contributed by atoms with Crippen LogP contribution in [0.5, 0.6) is 0 Å². The standard InChI is InChI=1S/C24H19NO3S2/c1-15-9-11-17(12-10-15)30(27,28)21-14-29-24-20(13-22(26)25-23(21)24)19-8-4-6-16-5-2-3-7-18(16)19/h2-12,14,20H,13H2,1H3,(H,25,26)/t20-/m1/s1. The number of hydrogen-bond donors (Lipinski definition) is 1. The minimum absolute atomic E-state index is 0.167. The van der Waals surface area contributed by atoms with E-state index in [0.717, 1.165) is 26.8 Å². The number of sulfone groups is 1. The van der Waals surface area contributed by atoms with Gasteiger partial charge in [0.2, 0.25) is 15.7 Å². The van der Waals surface area contributed by atoms with Gasteiger partial charge in [-0.2, -0.15) is 0 Å². The van der Waals surface area contributed by atoms with Crippen LogP contribution in [0.25, 0.3) is 10.8 Å². The molecule has 0 spiro atoms. The van der Waals surface area contributed by atoms with Crippen molar-refractivity contribution in [2.45, 2.75) is 29.1 Å². The smallest absolute Gasteiger partial charge is 0.225 e. The molecule has 0 bridgehead atoms. The fraction of sp³-hybridized carbons (Fsp3) is 0.125. The third kappa shape index (κ3) is 3.04. The van der Waals surface area contributed by atoms with Gasteiger partial charge in [-0.3, -0.25) is 4.79 Å². The summed E-state index contributed by atoms with van der Waals surface area (Å²) in [5, 5.41) is 6.68. The SMILES string of the molecule is Cc1ccc(S(=O)(=O)c2csc3c2NC(=O)C[C@@H]3c2cccc3ccccc23)cc1. The predicted molar refractivity (Wildman–Crippen MR) is 120 cm³/mol. The van der Waals surface area contributed by atoms with Crippen molar-refractivity contribution >= 4 is 43.5 Å². The molecule has 1 aromatic heterocycles. The van der Waals surface area contributed by atoms with Gasteiger partial charge in [-0.05, 0) is 35.4 Å². The van der Waals surface area contributed by atoms with Crippen molar-refractivity contribution in [3.05, 3.63) is 88.1 Å². The molecule has 0 fully saturated rings. The summed E-state index contributed by atoms with van der Waals surface area (Å²) in [4.78, 5) is 13.9. The predicted octanol–water partition coefficient (Wildman–Crippen LogP) is 5.52. The molecule has 4 nitrogen and oxygen atoms in total. The molecule has 1 atom stereocenters. The summed E-state index contributed by atoms with van der Waals surface area (Å²) in [5.74, 6) is -0.342. The maximum absolute atomic E-state index is 13.3. The van der Waals surface area contributed by atoms with Crippen molar-refractivity contribution < 1.29 is 13.2 Å². The van der Waals surface area contributed by atoms with E-state index in [0.29, 0.717) is 12.1 Å². The first-order valence-electron chi connectivity index (χ1n) is 9.66. The molecule has 1 N–H and O–H groups in total. The van der Waals surface area contributed by atoms with Crippen molar-refractivity contribution in [1.29, 1.82) is 0 Å². The Kier molecular flexibility index (Phi) is 4.49. The maximum Gasteiger partial charge on any atom is 0.225 e. The fourth-order valence-electron chi connectivity index (χ4n) is 4.05. The largest absolute Gasteiger partial charge is 0.324 e. The summed E-state index contributed by atoms with van der Waals surface area (Å²) in [6, 6.07) is 20.9. The number of benzene rings is 3. The number of fused-ring (bicyclic) bond motifs is 2. The van der Waals surface area contributed by atoms with Gasteiger partial charge in [0.25, 0.3) is 0 Å². The van der Waals surface area contributed by atoms with Crippen molar-refractivity contribution in [1.82, 2.24) is 0 Å². The van der Waals surface area contributed by atoms with Crippen LogP contribution in [0.2, 0.25) is 0 Å². The first-order chi connectivity index (χ1) is 14.4. The lowest BCUT2D eigenvalue weighted by atomic mass is 9.87. The average molecular weight is 434 g/mol. The summed E-state index contributed by atoms with van der Waals surface area (Å²) < 4.78 is 26.6. The highest BCUT2D eigenvalue weighted by molar-refractivity contribution is 7.91. The van der Waals surface area contributed by atoms with Gasteiger partial charge in [0.15, 0.2) is 0 Å². The van der Waals surface area contributed by atoms with E-state index < -0.39 is 9.84 Å². The molecule has 30 heavy (non-hydrogen) atoms. The summed E-state index contributed by atoms with van der Waals surface area (Å²) in [5.41, 5.74) is 2.46. The quantitative estimate of drug-likeness (QED) is 0.463. The molecule has 6 heteroatoms. The molecule has 0 saturated carbocycles. The number of nitrogens with one attached hydrogen (secondary N) is 1. The molecule has 0 aliphatic carbocycles. The van der Waals surface area contributed by atoms with Crippen LogP contribution >= 0.6 is 11.3 Å². The Labute approximate surface area is 179 Å². The molecule has 3 aromatic carbocycles. The number of aryl methyl sites for hydroxylation is 1. The lowest BCUT2D eigenvalue weighted by molar-refractivity contribution is -0.116. The highest BCUT2D eigenvalue weighted by Crippen LogP contribution is 2.47. The first-order valence-corrected chi connectivity index (χ1v) is 12.0. The second kappa shape index (κ2) is 7.07. The van der Waals surface area contributed by atoms with E-state index in [2.05, 4.69) is 11.4 Å². The molecule has 1 aliphatic rings. The number of anilines is 1. The van der Waals surface area contributed by atoms with E-state index in [1.165, 1.54) is 11.3 Å². The normalized spacial score (nSPS) is 16.3. The molecule has 4 aromatic rings. The third-order valence-corrected chi connectivity index (χ3v) is 8.61. The topological polar surface area (TPSA) is 63.2 Å². The van der Waals surface area contributed by atoms with E-state index in [-0.39, 0.29) is 21.6 Å². The minimum Gasteiger partial charge on any atom is -0.324 e. The summed E-state index contributed by atoms with van der Waals surface area (Å²) in [6.07, 6.45) is 0.297. The van der Waals surface area contributed by atoms with Gasteiger partial charge in [-0.25, -0.2) is 8.42 Å². The molecule has 5 rings (SSSR count). The summed E-state index contributed by atoms with van der Waals surface area (Å²) in [6.45, 7) is 1.91. The molecule has 2 heterocycles. The fourth-order valence-corrected chi connectivity index (χ4v) is 6.95. The van der Waals surface area contributed by atoms with Crippen LogP contribution in [0.15, 0.2) is 81.9 Å². The highest BCUT2D eigenvalue weighted by Gasteiger charge is 2.34. The average Bonchev–Trinajstić information content (AvgIpc) is 3.17. The Morgan fingerprint density at radius 2 is 1.70 bits per heavy atom. The van der Waals surface area contributed by atoms with Gasteiger partial charge in [0.1, 0.15) is 4.90 Å². The molecule has 150 valence electrons. The zero-order chi connectivity index (χ0) is 20.9. The Morgan fingerprint density at radius 1 is 0.967 bits per heavy atom. The minimum atomic E-state index is -3.73. The molecule has 0 saturated heterocycles. The molecule has 0 unspecified atom stereocenters. The van der Waals surface area contributed by atoms with Crippen molar-refractivity contribution in [3.63, 3.8) is 0 Å². The zero-order valence-electron chi connectivity index (χ0n) is 16.3. The van der Waals surface area contributed by atoms with Crippen LogP contribution in [0.1, 0.15) is 28.3 Å². The second-order valence-corrected chi connectivity index (χ2v) is 10.4. The number of carbonyl (C=O) groups excluding carboxylic acids is 1. The van der Waals surface area contributed by atoms with Gasteiger partial charge in [-0.1, -0.05) is 60.2 Å². The monoisotopic (exact) mass is 433 g/mol. The van der Waals surface area contributed by atoms with Gasteiger partial charge in [0.05, 0.1) is 10.6 Å². The Hall–Kier alpha value is -2.96. The zero-order valence-corrected chi connectivity index (χ0v) is 17.9. The van der Waals surface area contributed by atoms with Crippen LogP contribution in [0, 0.1) is 6.92 Å². The summed E-state index contributed by atoms with van der Waals surface area (Å²) >= 11 is 1.40. The van der Waals surface area contributed by atoms with Crippen LogP contribution < -0.4 is 5.32 Å². The third-order valence-electron chi connectivity index (χ3n) is 5.58. The number of rotatable bonds is 3. The van der Waals surface area contributed by atoms with E-state index in [9.17, 15) is 13.2 Å². The molecule has 1 amide bonds. The van der Waals surface area contributed by atoms with E-state index in [1.807, 2.05) is 43.3 Å². The Bertz CT molecular complexity index is 1380. The highest BCUT2D eigenvalue weighted by atomic mass is 32.2. The lowest BCUT2D eigenvalue weighted by Crippen LogP contribution is -2.23. The number of amides is 1. The summed E-state index contributed by atoms with van der Waals surface area (Å²) in [7, 11) is -3.73. The Morgan fingerprint density at radius 3 is 2.50 bits per heavy atom. The molecule has 1 aliphatic heterocycles.